The van der Waals surface area contributed by atoms with Crippen LogP contribution in [-0.4, -0.2) is 30.4 Å². The summed E-state index contributed by atoms with van der Waals surface area (Å²) in [5.41, 5.74) is 0.830. The smallest absolute Gasteiger partial charge is 0.307 e. The van der Waals surface area contributed by atoms with E-state index in [1.54, 1.807) is 36.0 Å². The minimum absolute atomic E-state index is 0.144. The van der Waals surface area contributed by atoms with Gasteiger partial charge in [-0.15, -0.1) is 0 Å². The van der Waals surface area contributed by atoms with E-state index in [0.717, 1.165) is 5.56 Å². The first-order chi connectivity index (χ1) is 12.8. The fourth-order valence-electron chi connectivity index (χ4n) is 2.54. The molecule has 2 aromatic heterocycles. The number of halogens is 1. The van der Waals surface area contributed by atoms with Crippen molar-refractivity contribution in [2.75, 3.05) is 5.32 Å². The number of nitrogens with zero attached hydrogens (tertiary/aromatic N) is 5. The van der Waals surface area contributed by atoms with Crippen LogP contribution in [0.3, 0.4) is 0 Å². The number of nitrogens with one attached hydrogen (secondary N) is 1. The Labute approximate surface area is 153 Å². The van der Waals surface area contributed by atoms with Gasteiger partial charge in [-0.3, -0.25) is 24.3 Å². The summed E-state index contributed by atoms with van der Waals surface area (Å²) >= 11 is 0. The maximum Gasteiger partial charge on any atom is 0.309 e. The maximum atomic E-state index is 13.2. The quantitative estimate of drug-likeness (QED) is 0.529. The molecule has 0 bridgehead atoms. The highest BCUT2D eigenvalue weighted by atomic mass is 19.1. The molecule has 1 amide bonds. The van der Waals surface area contributed by atoms with Crippen molar-refractivity contribution in [3.8, 4) is 0 Å². The molecule has 1 N–H and O–H groups in total. The summed E-state index contributed by atoms with van der Waals surface area (Å²) in [7, 11) is 0. The lowest BCUT2D eigenvalue weighted by Gasteiger charge is -2.10. The first-order valence-corrected chi connectivity index (χ1v) is 8.12. The average Bonchev–Trinajstić information content (AvgIpc) is 3.20. The summed E-state index contributed by atoms with van der Waals surface area (Å²) in [6, 6.07) is 7.02. The van der Waals surface area contributed by atoms with Gasteiger partial charge in [-0.25, -0.2) is 4.39 Å². The van der Waals surface area contributed by atoms with Gasteiger partial charge in [0.05, 0.1) is 11.5 Å². The number of anilines is 1. The summed E-state index contributed by atoms with van der Waals surface area (Å²) in [6.07, 6.45) is 2.89. The van der Waals surface area contributed by atoms with E-state index in [0.29, 0.717) is 12.4 Å². The highest BCUT2D eigenvalue weighted by molar-refractivity contribution is 5.92. The Morgan fingerprint density at radius 3 is 2.81 bits per heavy atom. The third-order valence-corrected chi connectivity index (χ3v) is 3.99. The minimum atomic E-state index is -0.759. The molecule has 140 valence electrons. The lowest BCUT2D eigenvalue weighted by molar-refractivity contribution is -0.385. The summed E-state index contributed by atoms with van der Waals surface area (Å²) in [5, 5.41) is 21.8. The highest BCUT2D eigenvalue weighted by Gasteiger charge is 2.22. The fraction of sp³-hybridized carbons (Fsp3) is 0.235. The normalized spacial score (nSPS) is 12.0. The SMILES string of the molecule is Cc1nn(C(C)C(=O)Nc2ccn(Cc3cccc(F)c3)n2)cc1[N+](=O)[O-]. The Bertz CT molecular complexity index is 996. The molecule has 2 heterocycles. The Morgan fingerprint density at radius 1 is 1.37 bits per heavy atom. The van der Waals surface area contributed by atoms with Crippen molar-refractivity contribution in [3.05, 3.63) is 69.9 Å². The molecule has 0 spiro atoms. The zero-order valence-corrected chi connectivity index (χ0v) is 14.7. The van der Waals surface area contributed by atoms with Crippen LogP contribution in [0.5, 0.6) is 0 Å². The van der Waals surface area contributed by atoms with Gasteiger partial charge in [-0.05, 0) is 31.5 Å². The number of hydrogen-bond donors (Lipinski definition) is 1. The van der Waals surface area contributed by atoms with E-state index in [1.165, 1.54) is 29.9 Å². The molecule has 0 aliphatic carbocycles. The Hall–Kier alpha value is -3.56. The van der Waals surface area contributed by atoms with Crippen LogP contribution in [0.2, 0.25) is 0 Å². The van der Waals surface area contributed by atoms with E-state index in [1.807, 2.05) is 0 Å². The molecule has 3 aromatic rings. The summed E-state index contributed by atoms with van der Waals surface area (Å²) in [4.78, 5) is 22.7. The van der Waals surface area contributed by atoms with E-state index < -0.39 is 16.9 Å². The van der Waals surface area contributed by atoms with Gasteiger partial charge in [-0.2, -0.15) is 10.2 Å². The summed E-state index contributed by atoms with van der Waals surface area (Å²) in [6.45, 7) is 3.44. The van der Waals surface area contributed by atoms with Gasteiger partial charge < -0.3 is 5.32 Å². The molecule has 0 aliphatic rings. The lowest BCUT2D eigenvalue weighted by atomic mass is 10.2. The maximum absolute atomic E-state index is 13.2. The van der Waals surface area contributed by atoms with Crippen molar-refractivity contribution in [2.45, 2.75) is 26.4 Å². The largest absolute Gasteiger partial charge is 0.309 e. The predicted molar refractivity (Wildman–Crippen MR) is 94.7 cm³/mol. The predicted octanol–water partition coefficient (Wildman–Crippen LogP) is 2.68. The standard InChI is InChI=1S/C17H17FN6O3/c1-11-15(24(26)27)10-23(20-11)12(2)17(25)19-16-6-7-22(21-16)9-13-4-3-5-14(18)8-13/h3-8,10,12H,9H2,1-2H3,(H,19,21,25). The molecular formula is C17H17FN6O3. The third kappa shape index (κ3) is 4.17. The van der Waals surface area contributed by atoms with Gasteiger partial charge >= 0.3 is 5.69 Å². The number of amides is 1. The number of nitro groups is 1. The van der Waals surface area contributed by atoms with Crippen LogP contribution in [0.15, 0.2) is 42.7 Å². The van der Waals surface area contributed by atoms with Crippen molar-refractivity contribution in [3.63, 3.8) is 0 Å². The molecule has 0 radical (unpaired) electrons. The molecule has 1 atom stereocenters. The first-order valence-electron chi connectivity index (χ1n) is 8.12. The van der Waals surface area contributed by atoms with Crippen molar-refractivity contribution in [1.82, 2.24) is 19.6 Å². The van der Waals surface area contributed by atoms with Crippen LogP contribution in [0.4, 0.5) is 15.9 Å². The van der Waals surface area contributed by atoms with Crippen LogP contribution >= 0.6 is 0 Å². The molecule has 3 rings (SSSR count). The second-order valence-electron chi connectivity index (χ2n) is 6.03. The van der Waals surface area contributed by atoms with Gasteiger partial charge in [0.25, 0.3) is 0 Å². The van der Waals surface area contributed by atoms with Crippen LogP contribution in [0.25, 0.3) is 0 Å². The second-order valence-corrected chi connectivity index (χ2v) is 6.03. The highest BCUT2D eigenvalue weighted by Crippen LogP contribution is 2.19. The number of rotatable bonds is 6. The van der Waals surface area contributed by atoms with E-state index in [9.17, 15) is 19.3 Å². The van der Waals surface area contributed by atoms with Gasteiger partial charge in [0.2, 0.25) is 5.91 Å². The first kappa shape index (κ1) is 18.2. The lowest BCUT2D eigenvalue weighted by Crippen LogP contribution is -2.24. The number of aryl methyl sites for hydroxylation is 1. The van der Waals surface area contributed by atoms with Gasteiger partial charge in [0, 0.05) is 12.3 Å². The van der Waals surface area contributed by atoms with Crippen molar-refractivity contribution < 1.29 is 14.1 Å². The van der Waals surface area contributed by atoms with Gasteiger partial charge in [0.1, 0.15) is 23.7 Å². The summed E-state index contributed by atoms with van der Waals surface area (Å²) in [5.74, 6) is -0.421. The van der Waals surface area contributed by atoms with Crippen LogP contribution < -0.4 is 5.32 Å². The number of carbonyl (C=O) groups excluding carboxylic acids is 1. The van der Waals surface area contributed by atoms with E-state index >= 15 is 0 Å². The number of benzene rings is 1. The zero-order chi connectivity index (χ0) is 19.6. The van der Waals surface area contributed by atoms with Crippen LogP contribution in [0, 0.1) is 22.9 Å². The number of carbonyl (C=O) groups is 1. The Kier molecular flexibility index (Phi) is 4.97. The molecule has 0 saturated heterocycles. The van der Waals surface area contributed by atoms with Gasteiger partial charge in [0.15, 0.2) is 5.82 Å². The Balaban J connectivity index is 1.66. The van der Waals surface area contributed by atoms with Crippen molar-refractivity contribution >= 4 is 17.4 Å². The topological polar surface area (TPSA) is 108 Å². The molecule has 0 fully saturated rings. The van der Waals surface area contributed by atoms with Crippen molar-refractivity contribution in [2.24, 2.45) is 0 Å². The van der Waals surface area contributed by atoms with E-state index in [2.05, 4.69) is 15.5 Å². The second kappa shape index (κ2) is 7.36. The number of hydrogen-bond acceptors (Lipinski definition) is 5. The molecular weight excluding hydrogens is 355 g/mol. The number of aromatic nitrogens is 4. The van der Waals surface area contributed by atoms with Gasteiger partial charge in [-0.1, -0.05) is 12.1 Å². The molecule has 1 unspecified atom stereocenters. The van der Waals surface area contributed by atoms with Crippen LogP contribution in [-0.2, 0) is 11.3 Å². The molecule has 0 aliphatic heterocycles. The third-order valence-electron chi connectivity index (χ3n) is 3.99. The molecule has 1 aromatic carbocycles. The summed E-state index contributed by atoms with van der Waals surface area (Å²) < 4.78 is 16.1. The zero-order valence-electron chi connectivity index (χ0n) is 14.7. The van der Waals surface area contributed by atoms with E-state index in [4.69, 9.17) is 0 Å². The average molecular weight is 372 g/mol. The van der Waals surface area contributed by atoms with Crippen LogP contribution in [0.1, 0.15) is 24.2 Å². The minimum Gasteiger partial charge on any atom is -0.307 e. The molecule has 27 heavy (non-hydrogen) atoms. The molecule has 0 saturated carbocycles. The Morgan fingerprint density at radius 2 is 2.15 bits per heavy atom. The van der Waals surface area contributed by atoms with E-state index in [-0.39, 0.29) is 17.2 Å². The molecule has 9 nitrogen and oxygen atoms in total. The fourth-order valence-corrected chi connectivity index (χ4v) is 2.54. The monoisotopic (exact) mass is 372 g/mol. The molecule has 10 heteroatoms. The van der Waals surface area contributed by atoms with Crippen molar-refractivity contribution in [1.29, 1.82) is 0 Å².